The maximum atomic E-state index is 13.0. The molecule has 8 heteroatoms. The van der Waals surface area contributed by atoms with Gasteiger partial charge in [-0.2, -0.15) is 4.31 Å². The zero-order valence-corrected chi connectivity index (χ0v) is 15.3. The number of carbonyl (C=O) groups is 1. The monoisotopic (exact) mass is 374 g/mol. The molecule has 7 nitrogen and oxygen atoms in total. The van der Waals surface area contributed by atoms with Gasteiger partial charge < -0.3 is 9.88 Å². The third-order valence-corrected chi connectivity index (χ3v) is 7.11. The first-order valence-electron chi connectivity index (χ1n) is 8.92. The molecule has 2 aromatic heterocycles. The van der Waals surface area contributed by atoms with Crippen molar-refractivity contribution in [3.63, 3.8) is 0 Å². The number of aromatic nitrogens is 2. The van der Waals surface area contributed by atoms with Crippen molar-refractivity contribution in [3.8, 4) is 0 Å². The number of fused-ring (bicyclic) bond motifs is 1. The van der Waals surface area contributed by atoms with Crippen molar-refractivity contribution in [2.75, 3.05) is 26.2 Å². The number of nitrogens with one attached hydrogen (secondary N) is 1. The van der Waals surface area contributed by atoms with Crippen LogP contribution in [0.5, 0.6) is 0 Å². The van der Waals surface area contributed by atoms with E-state index in [9.17, 15) is 13.2 Å². The minimum Gasteiger partial charge on any atom is -0.345 e. The lowest BCUT2D eigenvalue weighted by Crippen LogP contribution is -2.50. The number of pyridine rings is 1. The molecule has 2 aromatic rings. The Morgan fingerprint density at radius 1 is 1.27 bits per heavy atom. The molecule has 0 spiro atoms. The van der Waals surface area contributed by atoms with E-state index in [1.807, 2.05) is 0 Å². The number of amides is 1. The van der Waals surface area contributed by atoms with Crippen molar-refractivity contribution >= 4 is 27.0 Å². The van der Waals surface area contributed by atoms with Crippen molar-refractivity contribution < 1.29 is 13.2 Å². The number of carbonyl (C=O) groups excluding carboxylic acids is 1. The second-order valence-corrected chi connectivity index (χ2v) is 8.71. The van der Waals surface area contributed by atoms with Gasteiger partial charge in [0.15, 0.2) is 0 Å². The lowest BCUT2D eigenvalue weighted by Gasteiger charge is -2.34. The summed E-state index contributed by atoms with van der Waals surface area (Å²) in [4.78, 5) is 21.5. The molecule has 0 radical (unpaired) electrons. The van der Waals surface area contributed by atoms with Gasteiger partial charge in [-0.1, -0.05) is 12.2 Å². The summed E-state index contributed by atoms with van der Waals surface area (Å²) in [6, 6.07) is 3.48. The van der Waals surface area contributed by atoms with Gasteiger partial charge in [0.1, 0.15) is 10.5 Å². The van der Waals surface area contributed by atoms with Crippen molar-refractivity contribution in [2.24, 2.45) is 5.92 Å². The first kappa shape index (κ1) is 17.2. The third kappa shape index (κ3) is 3.14. The summed E-state index contributed by atoms with van der Waals surface area (Å²) in [6.07, 6.45) is 9.97. The fraction of sp³-hybridized carbons (Fsp3) is 0.444. The number of allylic oxidation sites excluding steroid dienone is 2. The van der Waals surface area contributed by atoms with Crippen LogP contribution >= 0.6 is 0 Å². The highest BCUT2D eigenvalue weighted by molar-refractivity contribution is 7.89. The second-order valence-electron chi connectivity index (χ2n) is 6.81. The number of H-pyrrole nitrogens is 1. The van der Waals surface area contributed by atoms with Crippen LogP contribution in [0.2, 0.25) is 0 Å². The summed E-state index contributed by atoms with van der Waals surface area (Å²) >= 11 is 0. The minimum atomic E-state index is -3.60. The van der Waals surface area contributed by atoms with E-state index >= 15 is 0 Å². The van der Waals surface area contributed by atoms with E-state index < -0.39 is 10.0 Å². The van der Waals surface area contributed by atoms with Crippen molar-refractivity contribution in [2.45, 2.75) is 24.2 Å². The van der Waals surface area contributed by atoms with Crippen LogP contribution in [0.3, 0.4) is 0 Å². The largest absolute Gasteiger partial charge is 0.345 e. The van der Waals surface area contributed by atoms with Crippen LogP contribution in [0.15, 0.2) is 41.6 Å². The molecule has 1 aliphatic heterocycles. The molecule has 0 bridgehead atoms. The first-order valence-corrected chi connectivity index (χ1v) is 10.4. The average molecular weight is 374 g/mol. The van der Waals surface area contributed by atoms with E-state index in [1.165, 1.54) is 10.5 Å². The van der Waals surface area contributed by atoms with Crippen molar-refractivity contribution in [1.29, 1.82) is 0 Å². The van der Waals surface area contributed by atoms with Gasteiger partial charge >= 0.3 is 0 Å². The van der Waals surface area contributed by atoms with Crippen LogP contribution in [0.1, 0.15) is 19.3 Å². The lowest BCUT2D eigenvalue weighted by molar-refractivity contribution is -0.133. The van der Waals surface area contributed by atoms with Gasteiger partial charge in [-0.3, -0.25) is 4.79 Å². The Labute approximate surface area is 152 Å². The third-order valence-electron chi connectivity index (χ3n) is 5.17. The Kier molecular flexibility index (Phi) is 4.54. The van der Waals surface area contributed by atoms with Crippen LogP contribution < -0.4 is 0 Å². The maximum absolute atomic E-state index is 13.0. The van der Waals surface area contributed by atoms with Crippen LogP contribution in [-0.4, -0.2) is 59.7 Å². The van der Waals surface area contributed by atoms with E-state index in [1.54, 1.807) is 23.2 Å². The van der Waals surface area contributed by atoms with Crippen molar-refractivity contribution in [3.05, 3.63) is 36.7 Å². The molecule has 2 aliphatic rings. The van der Waals surface area contributed by atoms with Crippen LogP contribution in [0.4, 0.5) is 0 Å². The molecule has 4 rings (SSSR count). The first-order chi connectivity index (χ1) is 12.6. The molecule has 1 amide bonds. The molecule has 3 heterocycles. The summed E-state index contributed by atoms with van der Waals surface area (Å²) in [5.74, 6) is 0.456. The van der Waals surface area contributed by atoms with Crippen LogP contribution in [0.25, 0.3) is 11.0 Å². The van der Waals surface area contributed by atoms with Crippen LogP contribution in [-0.2, 0) is 14.8 Å². The number of rotatable bonds is 4. The highest BCUT2D eigenvalue weighted by Crippen LogP contribution is 2.26. The van der Waals surface area contributed by atoms with E-state index in [4.69, 9.17) is 0 Å². The summed E-state index contributed by atoms with van der Waals surface area (Å²) in [5, 5.41) is 0.596. The predicted molar refractivity (Wildman–Crippen MR) is 97.9 cm³/mol. The zero-order valence-electron chi connectivity index (χ0n) is 14.5. The van der Waals surface area contributed by atoms with Crippen LogP contribution in [0, 0.1) is 5.92 Å². The number of piperazine rings is 1. The molecule has 1 fully saturated rings. The van der Waals surface area contributed by atoms with E-state index in [2.05, 4.69) is 22.1 Å². The molecular formula is C18H22N4O3S. The van der Waals surface area contributed by atoms with Gasteiger partial charge in [-0.05, 0) is 30.9 Å². The minimum absolute atomic E-state index is 0.120. The zero-order chi connectivity index (χ0) is 18.1. The molecule has 138 valence electrons. The smallest absolute Gasteiger partial charge is 0.245 e. The molecule has 1 saturated heterocycles. The molecule has 0 saturated carbocycles. The topological polar surface area (TPSA) is 86.4 Å². The summed E-state index contributed by atoms with van der Waals surface area (Å²) in [7, 11) is -3.60. The average Bonchev–Trinajstić information content (AvgIpc) is 3.31. The molecular weight excluding hydrogens is 352 g/mol. The van der Waals surface area contributed by atoms with Gasteiger partial charge in [0, 0.05) is 50.4 Å². The highest BCUT2D eigenvalue weighted by atomic mass is 32.2. The Morgan fingerprint density at radius 3 is 2.81 bits per heavy atom. The van der Waals surface area contributed by atoms with Gasteiger partial charge in [0.25, 0.3) is 0 Å². The quantitative estimate of drug-likeness (QED) is 0.826. The van der Waals surface area contributed by atoms with Crippen molar-refractivity contribution in [1.82, 2.24) is 19.2 Å². The Bertz CT molecular complexity index is 942. The van der Waals surface area contributed by atoms with E-state index in [0.29, 0.717) is 49.6 Å². The van der Waals surface area contributed by atoms with E-state index in [0.717, 1.165) is 12.8 Å². The van der Waals surface area contributed by atoms with Gasteiger partial charge in [-0.15, -0.1) is 0 Å². The second kappa shape index (κ2) is 6.85. The standard InChI is InChI=1S/C18H22N4O3S/c23-17(12-14-4-1-2-5-14)21-8-10-22(11-9-21)26(24,25)16-13-20-18-15(16)6-3-7-19-18/h1,3-4,6-7,13-14H,2,5,8-12H2,(H,19,20)/t14-/m1/s1. The van der Waals surface area contributed by atoms with Gasteiger partial charge in [0.2, 0.25) is 15.9 Å². The Hall–Kier alpha value is -2.19. The molecule has 26 heavy (non-hydrogen) atoms. The molecule has 1 N–H and O–H groups in total. The summed E-state index contributed by atoms with van der Waals surface area (Å²) < 4.78 is 27.4. The Morgan fingerprint density at radius 2 is 2.08 bits per heavy atom. The lowest BCUT2D eigenvalue weighted by atomic mass is 10.0. The summed E-state index contributed by atoms with van der Waals surface area (Å²) in [6.45, 7) is 1.52. The number of hydrogen-bond donors (Lipinski definition) is 1. The SMILES string of the molecule is O=C(C[C@@H]1C=CCC1)N1CCN(S(=O)(=O)c2c[nH]c3ncccc23)CC1. The molecule has 1 atom stereocenters. The Balaban J connectivity index is 1.43. The predicted octanol–water partition coefficient (Wildman–Crippen LogP) is 1.75. The number of sulfonamides is 1. The number of nitrogens with zero attached hydrogens (tertiary/aromatic N) is 3. The fourth-order valence-electron chi connectivity index (χ4n) is 3.68. The molecule has 1 aliphatic carbocycles. The molecule has 0 aromatic carbocycles. The number of aromatic amines is 1. The van der Waals surface area contributed by atoms with Gasteiger partial charge in [-0.25, -0.2) is 13.4 Å². The summed E-state index contributed by atoms with van der Waals surface area (Å²) in [5.41, 5.74) is 0.560. The van der Waals surface area contributed by atoms with E-state index in [-0.39, 0.29) is 10.8 Å². The fourth-order valence-corrected chi connectivity index (χ4v) is 5.25. The maximum Gasteiger partial charge on any atom is 0.245 e. The molecule has 0 unspecified atom stereocenters. The van der Waals surface area contributed by atoms with Gasteiger partial charge in [0.05, 0.1) is 0 Å². The normalized spacial score (nSPS) is 21.5. The highest BCUT2D eigenvalue weighted by Gasteiger charge is 2.32. The number of hydrogen-bond acceptors (Lipinski definition) is 4.